The Morgan fingerprint density at radius 1 is 1.29 bits per heavy atom. The molecule has 1 aromatic rings. The van der Waals surface area contributed by atoms with E-state index in [2.05, 4.69) is 4.90 Å². The highest BCUT2D eigenvalue weighted by atomic mass is 16.3. The Morgan fingerprint density at radius 2 is 2.08 bits per heavy atom. The highest BCUT2D eigenvalue weighted by molar-refractivity contribution is 5.86. The number of amides is 2. The summed E-state index contributed by atoms with van der Waals surface area (Å²) < 4.78 is 0. The minimum Gasteiger partial charge on any atom is -0.508 e. The van der Waals surface area contributed by atoms with E-state index in [0.29, 0.717) is 6.54 Å². The molecule has 2 atom stereocenters. The van der Waals surface area contributed by atoms with Crippen molar-refractivity contribution in [1.82, 2.24) is 14.7 Å². The van der Waals surface area contributed by atoms with Crippen LogP contribution in [0, 0.1) is 5.92 Å². The van der Waals surface area contributed by atoms with Crippen LogP contribution in [0.5, 0.6) is 5.75 Å². The summed E-state index contributed by atoms with van der Waals surface area (Å²) in [5.74, 6) is 0.311. The molecule has 2 amide bonds. The fraction of sp³-hybridized carbons (Fsp3) is 0.556. The third-order valence-electron chi connectivity index (χ3n) is 4.99. The van der Waals surface area contributed by atoms with E-state index in [4.69, 9.17) is 0 Å². The van der Waals surface area contributed by atoms with Crippen molar-refractivity contribution in [2.24, 2.45) is 5.92 Å². The standard InChI is InChI=1S/C18H25N3O3/c1-19(2)17(23)12-21-15-7-6-14(18(21)24)10-20(11-15)9-13-4-3-5-16(22)8-13/h3-5,8,14-15,22H,6-7,9-12H2,1-2H3/t14-,15+/m1/s1. The molecule has 3 heterocycles. The molecule has 1 N–H and O–H groups in total. The average molecular weight is 331 g/mol. The van der Waals surface area contributed by atoms with Crippen molar-refractivity contribution >= 4 is 11.8 Å². The van der Waals surface area contributed by atoms with Gasteiger partial charge in [0.25, 0.3) is 0 Å². The maximum atomic E-state index is 12.7. The number of likely N-dealkylation sites (N-methyl/N-ethyl adjacent to an activating group) is 1. The van der Waals surface area contributed by atoms with Crippen LogP contribution in [-0.4, -0.2) is 71.4 Å². The molecule has 3 aliphatic rings. The molecule has 1 aromatic carbocycles. The van der Waals surface area contributed by atoms with Crippen LogP contribution in [-0.2, 0) is 16.1 Å². The number of hydrogen-bond donors (Lipinski definition) is 1. The van der Waals surface area contributed by atoms with Crippen molar-refractivity contribution in [2.45, 2.75) is 25.4 Å². The topological polar surface area (TPSA) is 64.1 Å². The van der Waals surface area contributed by atoms with Gasteiger partial charge in [-0.15, -0.1) is 0 Å². The molecule has 6 heteroatoms. The molecule has 0 radical (unpaired) electrons. The minimum atomic E-state index is -0.0320. The predicted molar refractivity (Wildman–Crippen MR) is 90.3 cm³/mol. The summed E-state index contributed by atoms with van der Waals surface area (Å²) in [7, 11) is 3.44. The molecule has 0 unspecified atom stereocenters. The smallest absolute Gasteiger partial charge is 0.241 e. The number of phenolic OH excluding ortho intramolecular Hbond substituents is 1. The van der Waals surface area contributed by atoms with Gasteiger partial charge in [-0.2, -0.15) is 0 Å². The molecule has 4 rings (SSSR count). The molecule has 3 fully saturated rings. The number of carbonyl (C=O) groups is 2. The second-order valence-electron chi connectivity index (χ2n) is 7.05. The third kappa shape index (κ3) is 3.53. The molecular weight excluding hydrogens is 306 g/mol. The van der Waals surface area contributed by atoms with Crippen LogP contribution in [0.25, 0.3) is 0 Å². The second kappa shape index (κ2) is 6.81. The van der Waals surface area contributed by atoms with Crippen LogP contribution in [0.1, 0.15) is 18.4 Å². The lowest BCUT2D eigenvalue weighted by Gasteiger charge is -2.36. The summed E-state index contributed by atoms with van der Waals surface area (Å²) in [6.45, 7) is 2.38. The van der Waals surface area contributed by atoms with Gasteiger partial charge in [-0.25, -0.2) is 0 Å². The fourth-order valence-electron chi connectivity index (χ4n) is 3.67. The SMILES string of the molecule is CN(C)C(=O)CN1C(=O)[C@@H]2CC[C@H]1CN(Cc1cccc(O)c1)C2. The van der Waals surface area contributed by atoms with E-state index in [1.165, 1.54) is 4.90 Å². The van der Waals surface area contributed by atoms with E-state index in [0.717, 1.165) is 31.5 Å². The lowest BCUT2D eigenvalue weighted by Crippen LogP contribution is -2.51. The van der Waals surface area contributed by atoms with Crippen molar-refractivity contribution in [3.8, 4) is 5.75 Å². The summed E-state index contributed by atoms with van der Waals surface area (Å²) in [4.78, 5) is 30.3. The number of phenols is 1. The summed E-state index contributed by atoms with van der Waals surface area (Å²) in [6.07, 6.45) is 1.85. The number of fused-ring (bicyclic) bond motifs is 4. The number of carbonyl (C=O) groups excluding carboxylic acids is 2. The molecule has 130 valence electrons. The Labute approximate surface area is 142 Å². The van der Waals surface area contributed by atoms with Gasteiger partial charge in [0.2, 0.25) is 11.8 Å². The van der Waals surface area contributed by atoms with Gasteiger partial charge in [-0.1, -0.05) is 12.1 Å². The van der Waals surface area contributed by atoms with E-state index >= 15 is 0 Å². The van der Waals surface area contributed by atoms with E-state index < -0.39 is 0 Å². The van der Waals surface area contributed by atoms with Crippen LogP contribution >= 0.6 is 0 Å². The zero-order valence-electron chi connectivity index (χ0n) is 14.3. The second-order valence-corrected chi connectivity index (χ2v) is 7.05. The fourth-order valence-corrected chi connectivity index (χ4v) is 3.67. The first kappa shape index (κ1) is 16.8. The third-order valence-corrected chi connectivity index (χ3v) is 4.99. The largest absolute Gasteiger partial charge is 0.508 e. The van der Waals surface area contributed by atoms with Crippen LogP contribution < -0.4 is 0 Å². The molecule has 2 bridgehead atoms. The Kier molecular flexibility index (Phi) is 4.76. The molecule has 3 saturated heterocycles. The van der Waals surface area contributed by atoms with Crippen molar-refractivity contribution in [2.75, 3.05) is 33.7 Å². The summed E-state index contributed by atoms with van der Waals surface area (Å²) >= 11 is 0. The first-order chi connectivity index (χ1) is 11.4. The zero-order chi connectivity index (χ0) is 17.3. The molecule has 3 aliphatic heterocycles. The maximum absolute atomic E-state index is 12.7. The van der Waals surface area contributed by atoms with E-state index in [1.807, 2.05) is 12.1 Å². The van der Waals surface area contributed by atoms with Crippen LogP contribution in [0.15, 0.2) is 24.3 Å². The first-order valence-corrected chi connectivity index (χ1v) is 8.45. The lowest BCUT2D eigenvalue weighted by atomic mass is 9.94. The first-order valence-electron chi connectivity index (χ1n) is 8.45. The van der Waals surface area contributed by atoms with Crippen molar-refractivity contribution in [3.63, 3.8) is 0 Å². The van der Waals surface area contributed by atoms with E-state index in [9.17, 15) is 14.7 Å². The average Bonchev–Trinajstić information content (AvgIpc) is 2.79. The van der Waals surface area contributed by atoms with Gasteiger partial charge in [-0.3, -0.25) is 14.5 Å². The molecule has 0 saturated carbocycles. The van der Waals surface area contributed by atoms with Gasteiger partial charge in [0.05, 0.1) is 5.92 Å². The van der Waals surface area contributed by atoms with Gasteiger partial charge in [0.15, 0.2) is 0 Å². The Hall–Kier alpha value is -2.08. The number of piperidine rings is 1. The Balaban J connectivity index is 1.72. The van der Waals surface area contributed by atoms with Crippen LogP contribution in [0.3, 0.4) is 0 Å². The highest BCUT2D eigenvalue weighted by Gasteiger charge is 2.41. The molecular formula is C18H25N3O3. The van der Waals surface area contributed by atoms with E-state index in [1.54, 1.807) is 31.1 Å². The monoisotopic (exact) mass is 331 g/mol. The molecule has 0 aliphatic carbocycles. The van der Waals surface area contributed by atoms with Gasteiger partial charge in [0.1, 0.15) is 12.3 Å². The maximum Gasteiger partial charge on any atom is 0.241 e. The molecule has 24 heavy (non-hydrogen) atoms. The summed E-state index contributed by atoms with van der Waals surface area (Å²) in [5, 5.41) is 9.63. The van der Waals surface area contributed by atoms with Crippen molar-refractivity contribution in [3.05, 3.63) is 29.8 Å². The van der Waals surface area contributed by atoms with E-state index in [-0.39, 0.29) is 36.1 Å². The lowest BCUT2D eigenvalue weighted by molar-refractivity contribution is -0.145. The van der Waals surface area contributed by atoms with Gasteiger partial charge >= 0.3 is 0 Å². The number of hydrogen-bond acceptors (Lipinski definition) is 4. The number of rotatable bonds is 4. The normalized spacial score (nSPS) is 24.1. The number of nitrogens with zero attached hydrogens (tertiary/aromatic N) is 3. The van der Waals surface area contributed by atoms with Gasteiger partial charge < -0.3 is 14.9 Å². The molecule has 6 nitrogen and oxygen atoms in total. The quantitative estimate of drug-likeness (QED) is 0.890. The molecule has 0 spiro atoms. The summed E-state index contributed by atoms with van der Waals surface area (Å²) in [5.41, 5.74) is 1.04. The van der Waals surface area contributed by atoms with Gasteiger partial charge in [-0.05, 0) is 30.5 Å². The number of benzene rings is 1. The summed E-state index contributed by atoms with van der Waals surface area (Å²) in [6, 6.07) is 7.35. The Morgan fingerprint density at radius 3 is 2.79 bits per heavy atom. The number of aromatic hydroxyl groups is 1. The predicted octanol–water partition coefficient (Wildman–Crippen LogP) is 0.903. The molecule has 0 aromatic heterocycles. The highest BCUT2D eigenvalue weighted by Crippen LogP contribution is 2.30. The zero-order valence-corrected chi connectivity index (χ0v) is 14.3. The van der Waals surface area contributed by atoms with Crippen LogP contribution in [0.2, 0.25) is 0 Å². The minimum absolute atomic E-state index is 0.0315. The van der Waals surface area contributed by atoms with Crippen molar-refractivity contribution in [1.29, 1.82) is 0 Å². The van der Waals surface area contributed by atoms with Crippen LogP contribution in [0.4, 0.5) is 0 Å². The van der Waals surface area contributed by atoms with Gasteiger partial charge in [0, 0.05) is 39.8 Å². The Bertz CT molecular complexity index is 632. The van der Waals surface area contributed by atoms with Crippen molar-refractivity contribution < 1.29 is 14.7 Å².